The quantitative estimate of drug-likeness (QED) is 0.635. The smallest absolute Gasteiger partial charge is 0.273 e. The van der Waals surface area contributed by atoms with Crippen LogP contribution < -0.4 is 4.90 Å². The van der Waals surface area contributed by atoms with Crippen LogP contribution in [0.3, 0.4) is 0 Å². The molecule has 1 aliphatic rings. The number of nitriles is 1. The lowest BCUT2D eigenvalue weighted by molar-refractivity contribution is 0.225. The van der Waals surface area contributed by atoms with E-state index in [9.17, 15) is 18.5 Å². The average molecular weight is 427 g/mol. The van der Waals surface area contributed by atoms with Gasteiger partial charge in [-0.3, -0.25) is 4.90 Å². The van der Waals surface area contributed by atoms with E-state index in [1.165, 1.54) is 11.1 Å². The second kappa shape index (κ2) is 7.28. The molecular formula is C20H15ClN4O3S. The van der Waals surface area contributed by atoms with Crippen LogP contribution in [0.4, 0.5) is 10.6 Å². The Labute approximate surface area is 173 Å². The fraction of sp³-hybridized carbons (Fsp3) is 0.100. The molecule has 29 heavy (non-hydrogen) atoms. The molecule has 0 spiro atoms. The van der Waals surface area contributed by atoms with Crippen molar-refractivity contribution in [3.8, 4) is 6.07 Å². The van der Waals surface area contributed by atoms with E-state index in [-0.39, 0.29) is 18.9 Å². The first-order valence-electron chi connectivity index (χ1n) is 8.66. The van der Waals surface area contributed by atoms with Gasteiger partial charge in [-0.25, -0.2) is 8.77 Å². The number of carbonyl (C=O) groups excluding carboxylic acids is 1. The highest BCUT2D eigenvalue weighted by Crippen LogP contribution is 2.31. The monoisotopic (exact) mass is 426 g/mol. The Morgan fingerprint density at radius 3 is 2.55 bits per heavy atom. The van der Waals surface area contributed by atoms with Gasteiger partial charge in [-0.1, -0.05) is 41.9 Å². The number of aromatic nitrogens is 1. The number of urea groups is 1. The lowest BCUT2D eigenvalue weighted by Crippen LogP contribution is -2.52. The molecule has 2 heterocycles. The summed E-state index contributed by atoms with van der Waals surface area (Å²) in [5.41, 5.74) is 1.63. The number of rotatable bonds is 4. The summed E-state index contributed by atoms with van der Waals surface area (Å²) >= 11 is 6.00. The number of hydrogen-bond donors (Lipinski definition) is 0. The summed E-state index contributed by atoms with van der Waals surface area (Å²) in [6, 6.07) is 18.1. The number of benzene rings is 2. The Hall–Kier alpha value is -3.28. The minimum Gasteiger partial charge on any atom is -0.273 e. The van der Waals surface area contributed by atoms with Crippen molar-refractivity contribution in [3.05, 3.63) is 88.6 Å². The first kappa shape index (κ1) is 19.1. The highest BCUT2D eigenvalue weighted by Gasteiger charge is 2.41. The molecule has 0 atom stereocenters. The van der Waals surface area contributed by atoms with Crippen LogP contribution in [-0.4, -0.2) is 22.7 Å². The van der Waals surface area contributed by atoms with E-state index in [1.807, 2.05) is 0 Å². The molecule has 7 nitrogen and oxygen atoms in total. The van der Waals surface area contributed by atoms with Gasteiger partial charge >= 0.3 is 16.2 Å². The first-order chi connectivity index (χ1) is 13.9. The summed E-state index contributed by atoms with van der Waals surface area (Å²) in [6.07, 6.45) is 1.39. The molecule has 146 valence electrons. The largest absolute Gasteiger partial charge is 0.341 e. The molecule has 4 rings (SSSR count). The zero-order valence-electron chi connectivity index (χ0n) is 15.1. The van der Waals surface area contributed by atoms with Crippen molar-refractivity contribution in [1.82, 2.24) is 8.28 Å². The molecular weight excluding hydrogens is 412 g/mol. The Kier molecular flexibility index (Phi) is 4.78. The minimum atomic E-state index is -4.09. The molecule has 0 N–H and O–H groups in total. The van der Waals surface area contributed by atoms with Crippen LogP contribution >= 0.6 is 11.6 Å². The molecule has 1 aromatic heterocycles. The normalized spacial score (nSPS) is 15.1. The third-order valence-corrected chi connectivity index (χ3v) is 6.51. The molecule has 1 aliphatic heterocycles. The van der Waals surface area contributed by atoms with Crippen molar-refractivity contribution in [2.75, 3.05) is 4.90 Å². The topological polar surface area (TPSA) is 86.4 Å². The van der Waals surface area contributed by atoms with Gasteiger partial charge in [0, 0.05) is 11.2 Å². The Bertz CT molecular complexity index is 1250. The van der Waals surface area contributed by atoms with Crippen LogP contribution in [0.5, 0.6) is 0 Å². The summed E-state index contributed by atoms with van der Waals surface area (Å²) in [5.74, 6) is 0.227. The summed E-state index contributed by atoms with van der Waals surface area (Å²) < 4.78 is 28.0. The Morgan fingerprint density at radius 2 is 1.79 bits per heavy atom. The van der Waals surface area contributed by atoms with Gasteiger partial charge in [-0.15, -0.1) is 0 Å². The number of halogens is 1. The van der Waals surface area contributed by atoms with Crippen LogP contribution in [0.2, 0.25) is 5.02 Å². The summed E-state index contributed by atoms with van der Waals surface area (Å²) in [6.45, 7) is -0.0934. The van der Waals surface area contributed by atoms with Crippen molar-refractivity contribution in [3.63, 3.8) is 0 Å². The molecule has 0 unspecified atom stereocenters. The molecule has 0 saturated heterocycles. The number of fused-ring (bicyclic) bond motifs is 1. The first-order valence-corrected chi connectivity index (χ1v) is 10.4. The van der Waals surface area contributed by atoms with E-state index in [4.69, 9.17) is 11.6 Å². The highest BCUT2D eigenvalue weighted by atomic mass is 35.5. The van der Waals surface area contributed by atoms with Gasteiger partial charge in [0.05, 0.1) is 24.7 Å². The van der Waals surface area contributed by atoms with Gasteiger partial charge in [-0.2, -0.15) is 18.0 Å². The number of anilines is 1. The summed E-state index contributed by atoms with van der Waals surface area (Å²) in [7, 11) is -4.09. The number of amides is 2. The molecule has 9 heteroatoms. The SMILES string of the molecule is N#Cc1ccccc1CN1C(=O)N(Cc2cccc(Cl)c2)S(=O)(=O)n2cccc21. The van der Waals surface area contributed by atoms with Gasteiger partial charge in [0.1, 0.15) is 5.82 Å². The molecule has 2 aromatic carbocycles. The maximum absolute atomic E-state index is 13.2. The lowest BCUT2D eigenvalue weighted by atomic mass is 10.1. The number of hydrogen-bond acceptors (Lipinski definition) is 4. The van der Waals surface area contributed by atoms with Gasteiger partial charge in [-0.05, 0) is 41.5 Å². The maximum Gasteiger partial charge on any atom is 0.341 e. The summed E-state index contributed by atoms with van der Waals surface area (Å²) in [5, 5.41) is 9.80. The Morgan fingerprint density at radius 1 is 1.00 bits per heavy atom. The molecule has 0 saturated carbocycles. The molecule has 0 aliphatic carbocycles. The lowest BCUT2D eigenvalue weighted by Gasteiger charge is -2.36. The predicted octanol–water partition coefficient (Wildman–Crippen LogP) is 3.75. The van der Waals surface area contributed by atoms with E-state index < -0.39 is 16.2 Å². The predicted molar refractivity (Wildman–Crippen MR) is 108 cm³/mol. The average Bonchev–Trinajstić information content (AvgIpc) is 3.20. The molecule has 0 bridgehead atoms. The van der Waals surface area contributed by atoms with E-state index >= 15 is 0 Å². The fourth-order valence-electron chi connectivity index (χ4n) is 3.24. The minimum absolute atomic E-state index is 0.0636. The third-order valence-electron chi connectivity index (χ3n) is 4.62. The standard InChI is InChI=1S/C20H15ClN4O3S/c21-18-8-3-5-15(11-18)13-25-20(26)23(14-17-7-2-1-6-16(17)12-22)19-9-4-10-24(19)29(25,27)28/h1-11H,13-14H2. The van der Waals surface area contributed by atoms with Gasteiger partial charge in [0.2, 0.25) is 0 Å². The van der Waals surface area contributed by atoms with Crippen molar-refractivity contribution < 1.29 is 13.2 Å². The van der Waals surface area contributed by atoms with Crippen LogP contribution in [0.25, 0.3) is 0 Å². The summed E-state index contributed by atoms with van der Waals surface area (Å²) in [4.78, 5) is 14.6. The highest BCUT2D eigenvalue weighted by molar-refractivity contribution is 7.88. The fourth-order valence-corrected chi connectivity index (χ4v) is 4.89. The van der Waals surface area contributed by atoms with Gasteiger partial charge in [0.15, 0.2) is 0 Å². The van der Waals surface area contributed by atoms with Crippen molar-refractivity contribution in [1.29, 1.82) is 5.26 Å². The van der Waals surface area contributed by atoms with Crippen LogP contribution in [-0.2, 0) is 23.3 Å². The molecule has 0 fully saturated rings. The van der Waals surface area contributed by atoms with Crippen molar-refractivity contribution >= 4 is 33.7 Å². The second-order valence-electron chi connectivity index (χ2n) is 6.44. The van der Waals surface area contributed by atoms with E-state index in [0.717, 1.165) is 8.28 Å². The van der Waals surface area contributed by atoms with Crippen LogP contribution in [0, 0.1) is 11.3 Å². The third kappa shape index (κ3) is 3.35. The number of nitrogens with zero attached hydrogens (tertiary/aromatic N) is 4. The zero-order chi connectivity index (χ0) is 20.6. The zero-order valence-corrected chi connectivity index (χ0v) is 16.6. The molecule has 3 aromatic rings. The van der Waals surface area contributed by atoms with E-state index in [0.29, 0.717) is 21.7 Å². The molecule has 2 amide bonds. The second-order valence-corrected chi connectivity index (χ2v) is 8.61. The van der Waals surface area contributed by atoms with Gasteiger partial charge in [0.25, 0.3) is 0 Å². The van der Waals surface area contributed by atoms with Crippen molar-refractivity contribution in [2.45, 2.75) is 13.1 Å². The maximum atomic E-state index is 13.2. The Balaban J connectivity index is 1.77. The van der Waals surface area contributed by atoms with Crippen LogP contribution in [0.15, 0.2) is 66.9 Å². The van der Waals surface area contributed by atoms with Crippen molar-refractivity contribution in [2.24, 2.45) is 0 Å². The van der Waals surface area contributed by atoms with E-state index in [2.05, 4.69) is 6.07 Å². The molecule has 0 radical (unpaired) electrons. The van der Waals surface area contributed by atoms with Gasteiger partial charge < -0.3 is 0 Å². The van der Waals surface area contributed by atoms with Crippen LogP contribution in [0.1, 0.15) is 16.7 Å². The number of carbonyl (C=O) groups is 1. The van der Waals surface area contributed by atoms with E-state index in [1.54, 1.807) is 60.7 Å².